The van der Waals surface area contributed by atoms with Crippen molar-refractivity contribution < 1.29 is 19.2 Å². The fourth-order valence-electron chi connectivity index (χ4n) is 6.04. The highest BCUT2D eigenvalue weighted by Crippen LogP contribution is 2.38. The molecule has 0 aliphatic heterocycles. The maximum Gasteiger partial charge on any atom is 0.196 e. The van der Waals surface area contributed by atoms with Crippen LogP contribution in [0.1, 0.15) is 74.8 Å². The van der Waals surface area contributed by atoms with Gasteiger partial charge in [-0.15, -0.1) is 0 Å². The van der Waals surface area contributed by atoms with Crippen LogP contribution in [0.25, 0.3) is 0 Å². The van der Waals surface area contributed by atoms with Crippen molar-refractivity contribution in [3.63, 3.8) is 0 Å². The molecule has 0 unspecified atom stereocenters. The standard InChI is InChI=1S/C42H30N2O4/c1-25-17-21-27(22-18-25)39(45)29-9-3-5-13-33(29)43-35-15-7-11-31-37(35)41(47)32-12-8-16-36(38(32)42(31)48)44-34-14-6-4-10-30(34)40(46)28-23-19-26(2)20-24-28/h3-24,43-44H,1-2H3. The molecule has 0 fully saturated rings. The Morgan fingerprint density at radius 1 is 0.417 bits per heavy atom. The van der Waals surface area contributed by atoms with Gasteiger partial charge in [-0.05, 0) is 50.2 Å². The van der Waals surface area contributed by atoms with Gasteiger partial charge in [-0.25, -0.2) is 0 Å². The van der Waals surface area contributed by atoms with E-state index in [0.717, 1.165) is 11.1 Å². The van der Waals surface area contributed by atoms with E-state index >= 15 is 0 Å². The van der Waals surface area contributed by atoms with Crippen molar-refractivity contribution >= 4 is 45.9 Å². The highest BCUT2D eigenvalue weighted by atomic mass is 16.1. The van der Waals surface area contributed by atoms with Crippen LogP contribution < -0.4 is 10.6 Å². The first-order valence-electron chi connectivity index (χ1n) is 15.6. The zero-order valence-electron chi connectivity index (χ0n) is 26.3. The molecule has 6 heteroatoms. The number of aryl methyl sites for hydroxylation is 2. The predicted molar refractivity (Wildman–Crippen MR) is 188 cm³/mol. The highest BCUT2D eigenvalue weighted by molar-refractivity contribution is 6.32. The number of anilines is 4. The van der Waals surface area contributed by atoms with Crippen LogP contribution in [0.15, 0.2) is 133 Å². The van der Waals surface area contributed by atoms with E-state index in [1.165, 1.54) is 0 Å². The fourth-order valence-corrected chi connectivity index (χ4v) is 6.04. The lowest BCUT2D eigenvalue weighted by Crippen LogP contribution is -2.23. The van der Waals surface area contributed by atoms with E-state index in [2.05, 4.69) is 10.6 Å². The molecule has 48 heavy (non-hydrogen) atoms. The van der Waals surface area contributed by atoms with Crippen LogP contribution >= 0.6 is 0 Å². The Kier molecular flexibility index (Phi) is 7.83. The molecule has 0 spiro atoms. The molecular formula is C42H30N2O4. The summed E-state index contributed by atoms with van der Waals surface area (Å²) in [5.74, 6) is -0.963. The summed E-state index contributed by atoms with van der Waals surface area (Å²) in [7, 11) is 0. The summed E-state index contributed by atoms with van der Waals surface area (Å²) in [6, 6.07) is 39.1. The van der Waals surface area contributed by atoms with Gasteiger partial charge in [0.05, 0.1) is 22.5 Å². The van der Waals surface area contributed by atoms with Gasteiger partial charge >= 0.3 is 0 Å². The molecule has 6 aromatic carbocycles. The molecule has 0 atom stereocenters. The van der Waals surface area contributed by atoms with E-state index in [4.69, 9.17) is 0 Å². The molecule has 0 bridgehead atoms. The predicted octanol–water partition coefficient (Wildman–Crippen LogP) is 9.03. The molecule has 0 amide bonds. The van der Waals surface area contributed by atoms with Crippen molar-refractivity contribution in [2.75, 3.05) is 10.6 Å². The number of rotatable bonds is 8. The van der Waals surface area contributed by atoms with Gasteiger partial charge < -0.3 is 10.6 Å². The Morgan fingerprint density at radius 3 is 1.17 bits per heavy atom. The minimum atomic E-state index is -0.322. The smallest absolute Gasteiger partial charge is 0.196 e. The van der Waals surface area contributed by atoms with E-state index in [-0.39, 0.29) is 45.4 Å². The molecule has 0 aromatic heterocycles. The van der Waals surface area contributed by atoms with Crippen molar-refractivity contribution in [3.8, 4) is 0 Å². The molecule has 6 nitrogen and oxygen atoms in total. The van der Waals surface area contributed by atoms with E-state index < -0.39 is 0 Å². The number of hydrogen-bond acceptors (Lipinski definition) is 6. The Labute approximate surface area is 278 Å². The van der Waals surface area contributed by atoms with Crippen LogP contribution in [0.5, 0.6) is 0 Å². The van der Waals surface area contributed by atoms with Gasteiger partial charge in [-0.2, -0.15) is 0 Å². The van der Waals surface area contributed by atoms with Gasteiger partial charge in [0, 0.05) is 44.8 Å². The first-order valence-corrected chi connectivity index (χ1v) is 15.6. The largest absolute Gasteiger partial charge is 0.354 e. The van der Waals surface area contributed by atoms with Crippen molar-refractivity contribution in [1.29, 1.82) is 0 Å². The van der Waals surface area contributed by atoms with Gasteiger partial charge in [0.2, 0.25) is 0 Å². The Bertz CT molecular complexity index is 2110. The number of carbonyl (C=O) groups excluding carboxylic acids is 4. The molecule has 1 aliphatic rings. The molecule has 232 valence electrons. The minimum Gasteiger partial charge on any atom is -0.354 e. The summed E-state index contributed by atoms with van der Waals surface area (Å²) in [5.41, 5.74) is 6.95. The van der Waals surface area contributed by atoms with Gasteiger partial charge in [0.15, 0.2) is 23.1 Å². The topological polar surface area (TPSA) is 92.3 Å². The summed E-state index contributed by atoms with van der Waals surface area (Å²) in [5, 5.41) is 6.58. The number of hydrogen-bond donors (Lipinski definition) is 2. The van der Waals surface area contributed by atoms with Crippen LogP contribution in [0.4, 0.5) is 22.7 Å². The number of carbonyl (C=O) groups is 4. The average Bonchev–Trinajstić information content (AvgIpc) is 3.11. The number of nitrogens with one attached hydrogen (secondary N) is 2. The molecule has 2 N–H and O–H groups in total. The van der Waals surface area contributed by atoms with E-state index in [0.29, 0.717) is 45.0 Å². The normalized spacial score (nSPS) is 11.8. The zero-order valence-corrected chi connectivity index (χ0v) is 26.3. The third kappa shape index (κ3) is 5.50. The Hall–Kier alpha value is -6.40. The molecular weight excluding hydrogens is 596 g/mol. The van der Waals surface area contributed by atoms with Crippen LogP contribution in [0, 0.1) is 13.8 Å². The number of fused-ring (bicyclic) bond motifs is 2. The number of ketones is 4. The quantitative estimate of drug-likeness (QED) is 0.164. The number of para-hydroxylation sites is 2. The minimum absolute atomic E-state index is 0.160. The Balaban J connectivity index is 1.23. The van der Waals surface area contributed by atoms with Crippen LogP contribution in [-0.2, 0) is 0 Å². The maximum atomic E-state index is 14.2. The first-order chi connectivity index (χ1) is 23.3. The maximum absolute atomic E-state index is 14.2. The monoisotopic (exact) mass is 626 g/mol. The lowest BCUT2D eigenvalue weighted by atomic mass is 9.82. The Morgan fingerprint density at radius 2 is 0.771 bits per heavy atom. The molecule has 6 aromatic rings. The second-order valence-electron chi connectivity index (χ2n) is 11.8. The zero-order chi connectivity index (χ0) is 33.4. The molecule has 1 aliphatic carbocycles. The summed E-state index contributed by atoms with van der Waals surface area (Å²) in [6.45, 7) is 3.93. The van der Waals surface area contributed by atoms with Crippen molar-refractivity contribution in [2.45, 2.75) is 13.8 Å². The summed E-state index contributed by atoms with van der Waals surface area (Å²) >= 11 is 0. The fraction of sp³-hybridized carbons (Fsp3) is 0.0476. The third-order valence-electron chi connectivity index (χ3n) is 8.58. The van der Waals surface area contributed by atoms with Gasteiger partial charge in [-0.1, -0.05) is 108 Å². The van der Waals surface area contributed by atoms with Crippen LogP contribution in [0.2, 0.25) is 0 Å². The lowest BCUT2D eigenvalue weighted by Gasteiger charge is -2.24. The second kappa shape index (κ2) is 12.4. The number of benzene rings is 6. The van der Waals surface area contributed by atoms with E-state index in [9.17, 15) is 19.2 Å². The molecule has 0 saturated carbocycles. The summed E-state index contributed by atoms with van der Waals surface area (Å²) in [4.78, 5) is 55.4. The van der Waals surface area contributed by atoms with Crippen molar-refractivity contribution in [2.24, 2.45) is 0 Å². The lowest BCUT2D eigenvalue weighted by molar-refractivity contribution is 0.0980. The van der Waals surface area contributed by atoms with E-state index in [1.54, 1.807) is 97.1 Å². The molecule has 7 rings (SSSR count). The van der Waals surface area contributed by atoms with Gasteiger partial charge in [0.1, 0.15) is 0 Å². The summed E-state index contributed by atoms with van der Waals surface area (Å²) < 4.78 is 0. The average molecular weight is 627 g/mol. The summed E-state index contributed by atoms with van der Waals surface area (Å²) in [6.07, 6.45) is 0. The second-order valence-corrected chi connectivity index (χ2v) is 11.8. The first kappa shape index (κ1) is 30.3. The van der Waals surface area contributed by atoms with Crippen LogP contribution in [0.3, 0.4) is 0 Å². The van der Waals surface area contributed by atoms with Crippen LogP contribution in [-0.4, -0.2) is 23.1 Å². The van der Waals surface area contributed by atoms with E-state index in [1.807, 2.05) is 50.2 Å². The van der Waals surface area contributed by atoms with Crippen molar-refractivity contribution in [1.82, 2.24) is 0 Å². The third-order valence-corrected chi connectivity index (χ3v) is 8.58. The SMILES string of the molecule is Cc1ccc(C(=O)c2ccccc2Nc2cccc3c2C(=O)c2cccc(Nc4ccccc4C(=O)c4ccc(C)cc4)c2C3=O)cc1. The molecule has 0 saturated heterocycles. The molecule has 0 heterocycles. The molecule has 0 radical (unpaired) electrons. The van der Waals surface area contributed by atoms with Gasteiger partial charge in [-0.3, -0.25) is 19.2 Å². The van der Waals surface area contributed by atoms with Crippen molar-refractivity contribution in [3.05, 3.63) is 189 Å². The highest BCUT2D eigenvalue weighted by Gasteiger charge is 2.34. The van der Waals surface area contributed by atoms with Gasteiger partial charge in [0.25, 0.3) is 0 Å².